The summed E-state index contributed by atoms with van der Waals surface area (Å²) < 4.78 is 0.783. The van der Waals surface area contributed by atoms with Crippen molar-refractivity contribution in [2.45, 2.75) is 12.2 Å². The predicted octanol–water partition coefficient (Wildman–Crippen LogP) is 0.458. The predicted molar refractivity (Wildman–Crippen MR) is 56.8 cm³/mol. The van der Waals surface area contributed by atoms with Crippen LogP contribution in [0, 0.1) is 0 Å². The van der Waals surface area contributed by atoms with Gasteiger partial charge in [0.2, 0.25) is 0 Å². The number of hydrogen-bond donors (Lipinski definition) is 3. The maximum atomic E-state index is 9.69. The Hall–Kier alpha value is -0.490. The maximum Gasteiger partial charge on any atom is 0.108 e. The molecule has 0 aromatic carbocycles. The molecule has 78 valence electrons. The molecule has 0 saturated carbocycles. The van der Waals surface area contributed by atoms with E-state index in [4.69, 9.17) is 0 Å². The van der Waals surface area contributed by atoms with Crippen molar-refractivity contribution in [3.05, 3.63) is 28.5 Å². The van der Waals surface area contributed by atoms with E-state index in [0.29, 0.717) is 12.1 Å². The summed E-state index contributed by atoms with van der Waals surface area (Å²) >= 11 is 3.25. The highest BCUT2D eigenvalue weighted by atomic mass is 79.9. The largest absolute Gasteiger partial charge is 0.389 e. The van der Waals surface area contributed by atoms with E-state index in [1.165, 1.54) is 6.20 Å². The van der Waals surface area contributed by atoms with E-state index in [1.807, 2.05) is 0 Å². The first kappa shape index (κ1) is 11.6. The molecule has 0 aliphatic rings. The molecule has 4 nitrogen and oxygen atoms in total. The van der Waals surface area contributed by atoms with E-state index in [0.717, 1.165) is 4.47 Å². The van der Waals surface area contributed by atoms with E-state index >= 15 is 0 Å². The highest BCUT2D eigenvalue weighted by Gasteiger charge is 2.17. The van der Waals surface area contributed by atoms with Gasteiger partial charge in [-0.05, 0) is 29.0 Å². The van der Waals surface area contributed by atoms with Gasteiger partial charge in [0, 0.05) is 29.0 Å². The summed E-state index contributed by atoms with van der Waals surface area (Å²) in [5.74, 6) is 0. The molecule has 1 heterocycles. The average molecular weight is 261 g/mol. The quantitative estimate of drug-likeness (QED) is 0.736. The highest BCUT2D eigenvalue weighted by molar-refractivity contribution is 9.10. The molecule has 0 spiro atoms. The first-order valence-corrected chi connectivity index (χ1v) is 5.05. The number of nitrogens with one attached hydrogen (secondary N) is 1. The van der Waals surface area contributed by atoms with Crippen LogP contribution in [0.3, 0.4) is 0 Å². The normalized spacial score (nSPS) is 15.1. The van der Waals surface area contributed by atoms with Crippen molar-refractivity contribution in [3.63, 3.8) is 0 Å². The lowest BCUT2D eigenvalue weighted by Gasteiger charge is -2.17. The third kappa shape index (κ3) is 3.02. The standard InChI is InChI=1S/C9H13BrN2O2/c1-11-5-8(13)9(14)6-2-7(10)4-12-3-6/h2-4,8-9,11,13-14H,5H2,1H3. The average Bonchev–Trinajstić information content (AvgIpc) is 2.17. The Morgan fingerprint density at radius 3 is 2.79 bits per heavy atom. The first-order chi connectivity index (χ1) is 6.65. The van der Waals surface area contributed by atoms with Gasteiger partial charge in [0.1, 0.15) is 6.10 Å². The summed E-state index contributed by atoms with van der Waals surface area (Å²) in [6.07, 6.45) is 1.43. The fraction of sp³-hybridized carbons (Fsp3) is 0.444. The molecule has 2 atom stereocenters. The molecule has 2 unspecified atom stereocenters. The van der Waals surface area contributed by atoms with Gasteiger partial charge in [0.15, 0.2) is 0 Å². The fourth-order valence-electron chi connectivity index (χ4n) is 1.13. The number of aliphatic hydroxyl groups excluding tert-OH is 2. The number of hydrogen-bond acceptors (Lipinski definition) is 4. The van der Waals surface area contributed by atoms with Crippen LogP contribution in [0.25, 0.3) is 0 Å². The Labute approximate surface area is 91.1 Å². The Bertz CT molecular complexity index is 296. The third-order valence-electron chi connectivity index (χ3n) is 1.85. The third-order valence-corrected chi connectivity index (χ3v) is 2.28. The van der Waals surface area contributed by atoms with Gasteiger partial charge in [0.25, 0.3) is 0 Å². The molecule has 0 radical (unpaired) electrons. The van der Waals surface area contributed by atoms with E-state index in [1.54, 1.807) is 19.3 Å². The minimum atomic E-state index is -0.910. The fourth-order valence-corrected chi connectivity index (χ4v) is 1.52. The van der Waals surface area contributed by atoms with Crippen molar-refractivity contribution >= 4 is 15.9 Å². The Kier molecular flexibility index (Phi) is 4.47. The number of aromatic nitrogens is 1. The minimum absolute atomic E-state index is 0.341. The molecular weight excluding hydrogens is 248 g/mol. The molecule has 0 bridgehead atoms. The van der Waals surface area contributed by atoms with Gasteiger partial charge in [-0.2, -0.15) is 0 Å². The van der Waals surface area contributed by atoms with Gasteiger partial charge in [-0.1, -0.05) is 0 Å². The monoisotopic (exact) mass is 260 g/mol. The second-order valence-corrected chi connectivity index (χ2v) is 3.92. The topological polar surface area (TPSA) is 65.4 Å². The number of pyridine rings is 1. The smallest absolute Gasteiger partial charge is 0.108 e. The summed E-state index contributed by atoms with van der Waals surface area (Å²) in [4.78, 5) is 3.91. The number of nitrogens with zero attached hydrogens (tertiary/aromatic N) is 1. The van der Waals surface area contributed by atoms with Gasteiger partial charge in [-0.25, -0.2) is 0 Å². The van der Waals surface area contributed by atoms with Gasteiger partial charge >= 0.3 is 0 Å². The zero-order chi connectivity index (χ0) is 10.6. The molecule has 0 fully saturated rings. The zero-order valence-corrected chi connectivity index (χ0v) is 9.40. The summed E-state index contributed by atoms with van der Waals surface area (Å²) in [7, 11) is 1.72. The van der Waals surface area contributed by atoms with Crippen molar-refractivity contribution in [2.75, 3.05) is 13.6 Å². The molecule has 1 rings (SSSR count). The molecule has 0 aliphatic heterocycles. The summed E-state index contributed by atoms with van der Waals surface area (Å²) in [6.45, 7) is 0.341. The van der Waals surface area contributed by atoms with Crippen LogP contribution in [0.5, 0.6) is 0 Å². The Morgan fingerprint density at radius 2 is 2.21 bits per heavy atom. The molecule has 1 aromatic heterocycles. The second-order valence-electron chi connectivity index (χ2n) is 3.01. The molecule has 14 heavy (non-hydrogen) atoms. The van der Waals surface area contributed by atoms with Crippen LogP contribution < -0.4 is 5.32 Å². The Morgan fingerprint density at radius 1 is 1.50 bits per heavy atom. The molecule has 3 N–H and O–H groups in total. The SMILES string of the molecule is CNCC(O)C(O)c1cncc(Br)c1. The highest BCUT2D eigenvalue weighted by Crippen LogP contribution is 2.19. The number of aliphatic hydroxyl groups is 2. The van der Waals surface area contributed by atoms with Gasteiger partial charge in [0.05, 0.1) is 6.10 Å². The summed E-state index contributed by atoms with van der Waals surface area (Å²) in [5, 5.41) is 22.0. The van der Waals surface area contributed by atoms with Crippen LogP contribution in [-0.4, -0.2) is 34.9 Å². The van der Waals surface area contributed by atoms with Crippen LogP contribution in [0.4, 0.5) is 0 Å². The number of halogens is 1. The van der Waals surface area contributed by atoms with Crippen LogP contribution in [0.2, 0.25) is 0 Å². The van der Waals surface area contributed by atoms with Gasteiger partial charge < -0.3 is 15.5 Å². The van der Waals surface area contributed by atoms with Crippen molar-refractivity contribution in [2.24, 2.45) is 0 Å². The Balaban J connectivity index is 2.73. The molecular formula is C9H13BrN2O2. The van der Waals surface area contributed by atoms with Crippen molar-refractivity contribution in [3.8, 4) is 0 Å². The molecule has 0 amide bonds. The van der Waals surface area contributed by atoms with E-state index in [-0.39, 0.29) is 0 Å². The molecule has 1 aromatic rings. The maximum absolute atomic E-state index is 9.69. The molecule has 0 aliphatic carbocycles. The summed E-state index contributed by atoms with van der Waals surface area (Å²) in [5.41, 5.74) is 0.599. The lowest BCUT2D eigenvalue weighted by atomic mass is 10.1. The van der Waals surface area contributed by atoms with Crippen LogP contribution >= 0.6 is 15.9 Å². The summed E-state index contributed by atoms with van der Waals surface area (Å²) in [6, 6.07) is 1.73. The van der Waals surface area contributed by atoms with Crippen molar-refractivity contribution < 1.29 is 10.2 Å². The van der Waals surface area contributed by atoms with Gasteiger partial charge in [-0.15, -0.1) is 0 Å². The second kappa shape index (κ2) is 5.41. The van der Waals surface area contributed by atoms with Crippen LogP contribution in [0.15, 0.2) is 22.9 Å². The molecule has 0 saturated heterocycles. The first-order valence-electron chi connectivity index (χ1n) is 4.26. The van der Waals surface area contributed by atoms with Crippen molar-refractivity contribution in [1.82, 2.24) is 10.3 Å². The minimum Gasteiger partial charge on any atom is -0.389 e. The van der Waals surface area contributed by atoms with E-state index < -0.39 is 12.2 Å². The lowest BCUT2D eigenvalue weighted by Crippen LogP contribution is -2.29. The van der Waals surface area contributed by atoms with E-state index in [2.05, 4.69) is 26.2 Å². The van der Waals surface area contributed by atoms with Crippen LogP contribution in [-0.2, 0) is 0 Å². The number of likely N-dealkylation sites (N-methyl/N-ethyl adjacent to an activating group) is 1. The van der Waals surface area contributed by atoms with Crippen LogP contribution in [0.1, 0.15) is 11.7 Å². The van der Waals surface area contributed by atoms with Crippen molar-refractivity contribution in [1.29, 1.82) is 0 Å². The number of rotatable bonds is 4. The molecule has 5 heteroatoms. The van der Waals surface area contributed by atoms with E-state index in [9.17, 15) is 10.2 Å². The zero-order valence-electron chi connectivity index (χ0n) is 7.81. The van der Waals surface area contributed by atoms with Gasteiger partial charge in [-0.3, -0.25) is 4.98 Å². The lowest BCUT2D eigenvalue weighted by molar-refractivity contribution is 0.0200.